The minimum Gasteiger partial charge on any atom is -0.506 e. The first kappa shape index (κ1) is 21.6. The van der Waals surface area contributed by atoms with Crippen LogP contribution in [0.15, 0.2) is 48.5 Å². The summed E-state index contributed by atoms with van der Waals surface area (Å²) < 4.78 is 0. The molecule has 30 heavy (non-hydrogen) atoms. The van der Waals surface area contributed by atoms with Crippen LogP contribution in [-0.4, -0.2) is 10.2 Å². The zero-order valence-corrected chi connectivity index (χ0v) is 18.7. The number of aromatic hydroxyl groups is 2. The summed E-state index contributed by atoms with van der Waals surface area (Å²) >= 11 is 0. The number of nitrogen functional groups attached to an aromatic ring is 2. The molecule has 0 aliphatic rings. The lowest BCUT2D eigenvalue weighted by Gasteiger charge is -2.31. The summed E-state index contributed by atoms with van der Waals surface area (Å²) in [4.78, 5) is 0. The molecule has 0 saturated carbocycles. The zero-order valence-electron chi connectivity index (χ0n) is 18.7. The van der Waals surface area contributed by atoms with Crippen molar-refractivity contribution < 1.29 is 10.2 Å². The zero-order chi connectivity index (χ0) is 22.4. The van der Waals surface area contributed by atoms with Crippen molar-refractivity contribution >= 4 is 11.4 Å². The molecule has 0 fully saturated rings. The van der Waals surface area contributed by atoms with Gasteiger partial charge in [-0.2, -0.15) is 0 Å². The molecular weight excluding hydrogens is 372 g/mol. The number of phenolic OH excluding ortho intramolecular Hbond substituents is 2. The maximum Gasteiger partial charge on any atom is 0.138 e. The third-order valence-electron chi connectivity index (χ3n) is 6.66. The van der Waals surface area contributed by atoms with Crippen LogP contribution in [0.2, 0.25) is 0 Å². The van der Waals surface area contributed by atoms with Crippen LogP contribution in [0.4, 0.5) is 11.4 Å². The minimum absolute atomic E-state index is 0.118. The van der Waals surface area contributed by atoms with E-state index in [-0.39, 0.29) is 22.3 Å². The third-order valence-corrected chi connectivity index (χ3v) is 6.66. The van der Waals surface area contributed by atoms with Crippen LogP contribution in [0.25, 0.3) is 0 Å². The lowest BCUT2D eigenvalue weighted by atomic mass is 9.73. The molecule has 0 bridgehead atoms. The highest BCUT2D eigenvalue weighted by Gasteiger charge is 2.29. The lowest BCUT2D eigenvalue weighted by Crippen LogP contribution is -2.23. The predicted molar refractivity (Wildman–Crippen MR) is 125 cm³/mol. The van der Waals surface area contributed by atoms with Crippen molar-refractivity contribution in [3.63, 3.8) is 0 Å². The Hall–Kier alpha value is -3.14. The highest BCUT2D eigenvalue weighted by Crippen LogP contribution is 2.41. The molecule has 4 nitrogen and oxygen atoms in total. The molecule has 3 rings (SSSR count). The third kappa shape index (κ3) is 3.36. The molecule has 6 N–H and O–H groups in total. The Morgan fingerprint density at radius 3 is 1.17 bits per heavy atom. The summed E-state index contributed by atoms with van der Waals surface area (Å²) in [5.74, 6) is 0.236. The first-order chi connectivity index (χ1) is 13.9. The molecule has 0 amide bonds. The van der Waals surface area contributed by atoms with Gasteiger partial charge < -0.3 is 21.7 Å². The van der Waals surface area contributed by atoms with Crippen LogP contribution in [-0.2, 0) is 10.8 Å². The lowest BCUT2D eigenvalue weighted by molar-refractivity contribution is 0.476. The maximum absolute atomic E-state index is 9.90. The molecular formula is C26H32N2O2. The number of phenols is 2. The van der Waals surface area contributed by atoms with Gasteiger partial charge in [0.25, 0.3) is 0 Å². The summed E-state index contributed by atoms with van der Waals surface area (Å²) in [5, 5.41) is 19.8. The Bertz CT molecular complexity index is 1010. The Morgan fingerprint density at radius 2 is 0.867 bits per heavy atom. The molecule has 0 atom stereocenters. The molecule has 158 valence electrons. The van der Waals surface area contributed by atoms with Gasteiger partial charge in [-0.25, -0.2) is 0 Å². The fourth-order valence-electron chi connectivity index (χ4n) is 4.40. The maximum atomic E-state index is 9.90. The second-order valence-electron chi connectivity index (χ2n) is 9.17. The van der Waals surface area contributed by atoms with Gasteiger partial charge in [0.15, 0.2) is 0 Å². The van der Waals surface area contributed by atoms with Crippen molar-refractivity contribution in [3.05, 3.63) is 81.9 Å². The molecule has 4 heteroatoms. The van der Waals surface area contributed by atoms with E-state index in [4.69, 9.17) is 11.5 Å². The Morgan fingerprint density at radius 1 is 0.567 bits per heavy atom. The van der Waals surface area contributed by atoms with Gasteiger partial charge in [0.1, 0.15) is 11.5 Å². The van der Waals surface area contributed by atoms with E-state index in [1.807, 2.05) is 26.0 Å². The van der Waals surface area contributed by atoms with Gasteiger partial charge in [-0.15, -0.1) is 0 Å². The van der Waals surface area contributed by atoms with Gasteiger partial charge in [-0.3, -0.25) is 0 Å². The molecule has 0 aliphatic carbocycles. The van der Waals surface area contributed by atoms with Gasteiger partial charge >= 0.3 is 0 Å². The van der Waals surface area contributed by atoms with Crippen molar-refractivity contribution in [2.24, 2.45) is 0 Å². The van der Waals surface area contributed by atoms with E-state index in [1.54, 1.807) is 12.1 Å². The van der Waals surface area contributed by atoms with Gasteiger partial charge in [0, 0.05) is 10.8 Å². The summed E-state index contributed by atoms with van der Waals surface area (Å²) in [6, 6.07) is 15.8. The van der Waals surface area contributed by atoms with Gasteiger partial charge in [0.05, 0.1) is 11.4 Å². The van der Waals surface area contributed by atoms with E-state index in [0.29, 0.717) is 11.4 Å². The van der Waals surface area contributed by atoms with Gasteiger partial charge in [-0.1, -0.05) is 64.1 Å². The summed E-state index contributed by atoms with van der Waals surface area (Å²) in [6.07, 6.45) is 0. The van der Waals surface area contributed by atoms with Crippen LogP contribution in [0.5, 0.6) is 11.5 Å². The SMILES string of the molecule is Cc1c(C(C)(C)c2ccc(C(C)(C)c3ccc(O)c(N)c3C)cc2)ccc(O)c1N. The summed E-state index contributed by atoms with van der Waals surface area (Å²) in [7, 11) is 0. The van der Waals surface area contributed by atoms with Crippen LogP contribution >= 0.6 is 0 Å². The molecule has 0 aromatic heterocycles. The van der Waals surface area contributed by atoms with E-state index in [0.717, 1.165) is 33.4 Å². The van der Waals surface area contributed by atoms with Crippen molar-refractivity contribution in [1.29, 1.82) is 0 Å². The second kappa shape index (κ2) is 7.28. The largest absolute Gasteiger partial charge is 0.506 e. The number of hydrogen-bond donors (Lipinski definition) is 4. The van der Waals surface area contributed by atoms with E-state index in [1.165, 1.54) is 0 Å². The predicted octanol–water partition coefficient (Wildman–Crippen LogP) is 5.53. The van der Waals surface area contributed by atoms with Crippen LogP contribution in [0, 0.1) is 13.8 Å². The average molecular weight is 405 g/mol. The normalized spacial score (nSPS) is 12.2. The molecule has 0 radical (unpaired) electrons. The number of benzene rings is 3. The van der Waals surface area contributed by atoms with E-state index in [2.05, 4.69) is 52.0 Å². The standard InChI is InChI=1S/C26H32N2O2/c1-15-19(11-13-21(29)23(15)27)25(3,4)17-7-9-18(10-8-17)26(5,6)20-12-14-22(30)24(28)16(20)2/h7-14,29-30H,27-28H2,1-6H3. The molecule has 0 spiro atoms. The van der Waals surface area contributed by atoms with Crippen molar-refractivity contribution in [2.75, 3.05) is 11.5 Å². The number of rotatable bonds is 4. The quantitative estimate of drug-likeness (QED) is 0.340. The molecule has 0 heterocycles. The highest BCUT2D eigenvalue weighted by atomic mass is 16.3. The van der Waals surface area contributed by atoms with Crippen LogP contribution in [0.1, 0.15) is 61.1 Å². The van der Waals surface area contributed by atoms with Crippen molar-refractivity contribution in [2.45, 2.75) is 52.4 Å². The summed E-state index contributed by atoms with van der Waals surface area (Å²) in [6.45, 7) is 12.5. The molecule has 0 unspecified atom stereocenters. The number of anilines is 2. The number of hydrogen-bond acceptors (Lipinski definition) is 4. The number of nitrogens with two attached hydrogens (primary N) is 2. The van der Waals surface area contributed by atoms with Crippen molar-refractivity contribution in [3.8, 4) is 11.5 Å². The second-order valence-corrected chi connectivity index (χ2v) is 9.17. The molecule has 0 saturated heterocycles. The van der Waals surface area contributed by atoms with Crippen LogP contribution < -0.4 is 11.5 Å². The summed E-state index contributed by atoms with van der Waals surface area (Å²) in [5.41, 5.74) is 18.8. The smallest absolute Gasteiger partial charge is 0.138 e. The molecule has 0 aliphatic heterocycles. The van der Waals surface area contributed by atoms with E-state index in [9.17, 15) is 10.2 Å². The highest BCUT2D eigenvalue weighted by molar-refractivity contribution is 5.64. The molecule has 3 aromatic rings. The monoisotopic (exact) mass is 404 g/mol. The van der Waals surface area contributed by atoms with E-state index >= 15 is 0 Å². The van der Waals surface area contributed by atoms with E-state index < -0.39 is 0 Å². The minimum atomic E-state index is -0.270. The van der Waals surface area contributed by atoms with Crippen molar-refractivity contribution in [1.82, 2.24) is 0 Å². The fraction of sp³-hybridized carbons (Fsp3) is 0.308. The Labute approximate surface area is 179 Å². The topological polar surface area (TPSA) is 92.5 Å². The Kier molecular flexibility index (Phi) is 5.23. The van der Waals surface area contributed by atoms with Gasteiger partial charge in [0.2, 0.25) is 0 Å². The van der Waals surface area contributed by atoms with Gasteiger partial charge in [-0.05, 0) is 59.4 Å². The first-order valence-electron chi connectivity index (χ1n) is 10.2. The first-order valence-corrected chi connectivity index (χ1v) is 10.2. The van der Waals surface area contributed by atoms with Crippen LogP contribution in [0.3, 0.4) is 0 Å². The average Bonchev–Trinajstić information content (AvgIpc) is 2.70. The Balaban J connectivity index is 2.02. The molecule has 3 aromatic carbocycles. The fourth-order valence-corrected chi connectivity index (χ4v) is 4.40.